The topological polar surface area (TPSA) is 29.9 Å². The number of hydrogen-bond donors (Lipinski definition) is 1. The van der Waals surface area contributed by atoms with Gasteiger partial charge in [-0.3, -0.25) is 0 Å². The number of imidazole rings is 1. The molecule has 1 aromatic rings. The van der Waals surface area contributed by atoms with Crippen molar-refractivity contribution in [1.29, 1.82) is 0 Å². The third-order valence-electron chi connectivity index (χ3n) is 2.60. The molecule has 0 bridgehead atoms. The molecule has 3 heteroatoms. The van der Waals surface area contributed by atoms with Crippen LogP contribution in [-0.4, -0.2) is 16.6 Å². The molecule has 1 aliphatic carbocycles. The van der Waals surface area contributed by atoms with E-state index >= 15 is 0 Å². The molecule has 12 heavy (non-hydrogen) atoms. The Hall–Kier alpha value is -0.990. The normalized spacial score (nSPS) is 15.8. The van der Waals surface area contributed by atoms with E-state index in [1.165, 1.54) is 30.7 Å². The molecule has 1 aromatic heterocycles. The minimum absolute atomic E-state index is 1.00. The summed E-state index contributed by atoms with van der Waals surface area (Å²) in [5, 5.41) is 3.10. The quantitative estimate of drug-likeness (QED) is 0.680. The monoisotopic (exact) mass is 165 g/mol. The second-order valence-electron chi connectivity index (χ2n) is 3.34. The van der Waals surface area contributed by atoms with Gasteiger partial charge in [0.05, 0.1) is 5.69 Å². The Morgan fingerprint density at radius 3 is 2.75 bits per heavy atom. The Labute approximate surface area is 72.8 Å². The van der Waals surface area contributed by atoms with E-state index in [9.17, 15) is 0 Å². The van der Waals surface area contributed by atoms with E-state index in [4.69, 9.17) is 0 Å². The summed E-state index contributed by atoms with van der Waals surface area (Å²) in [7, 11) is 4.01. The first-order chi connectivity index (χ1) is 5.83. The van der Waals surface area contributed by atoms with Crippen molar-refractivity contribution in [3.8, 4) is 0 Å². The van der Waals surface area contributed by atoms with E-state index in [0.29, 0.717) is 0 Å². The Morgan fingerprint density at radius 1 is 1.33 bits per heavy atom. The van der Waals surface area contributed by atoms with Gasteiger partial charge in [0.25, 0.3) is 0 Å². The van der Waals surface area contributed by atoms with Crippen molar-refractivity contribution in [3.63, 3.8) is 0 Å². The van der Waals surface area contributed by atoms with Gasteiger partial charge in [-0.15, -0.1) is 0 Å². The molecule has 2 rings (SSSR count). The van der Waals surface area contributed by atoms with Crippen LogP contribution in [0.1, 0.15) is 24.2 Å². The molecule has 0 unspecified atom stereocenters. The van der Waals surface area contributed by atoms with Crippen LogP contribution in [0.5, 0.6) is 0 Å². The highest BCUT2D eigenvalue weighted by atomic mass is 15.2. The molecule has 0 radical (unpaired) electrons. The van der Waals surface area contributed by atoms with E-state index in [-0.39, 0.29) is 0 Å². The van der Waals surface area contributed by atoms with Gasteiger partial charge in [-0.2, -0.15) is 0 Å². The lowest BCUT2D eigenvalue weighted by Gasteiger charge is -2.10. The number of hydrogen-bond acceptors (Lipinski definition) is 2. The number of aromatic nitrogens is 2. The van der Waals surface area contributed by atoms with Crippen LogP contribution in [0.25, 0.3) is 0 Å². The van der Waals surface area contributed by atoms with Gasteiger partial charge in [0.2, 0.25) is 5.95 Å². The maximum atomic E-state index is 4.52. The summed E-state index contributed by atoms with van der Waals surface area (Å²) in [6, 6.07) is 0. The number of anilines is 1. The average Bonchev–Trinajstić information content (AvgIpc) is 2.44. The van der Waals surface area contributed by atoms with Crippen LogP contribution in [0.3, 0.4) is 0 Å². The maximum absolute atomic E-state index is 4.52. The fourth-order valence-corrected chi connectivity index (χ4v) is 1.91. The van der Waals surface area contributed by atoms with Crippen LogP contribution in [0.15, 0.2) is 0 Å². The minimum Gasteiger partial charge on any atom is -0.359 e. The molecule has 1 aliphatic rings. The molecule has 0 amide bonds. The van der Waals surface area contributed by atoms with Crippen molar-refractivity contribution in [2.75, 3.05) is 12.4 Å². The zero-order valence-electron chi connectivity index (χ0n) is 7.72. The summed E-state index contributed by atoms with van der Waals surface area (Å²) in [5.41, 5.74) is 2.72. The van der Waals surface area contributed by atoms with Gasteiger partial charge in [0.15, 0.2) is 0 Å². The standard InChI is InChI=1S/C9H15N3/c1-10-9-11-7-5-3-4-6-8(7)12(9)2/h3-6H2,1-2H3,(H,10,11). The molecular formula is C9H15N3. The van der Waals surface area contributed by atoms with Crippen LogP contribution < -0.4 is 5.32 Å². The summed E-state index contributed by atoms with van der Waals surface area (Å²) < 4.78 is 2.18. The first kappa shape index (κ1) is 7.65. The van der Waals surface area contributed by atoms with E-state index in [1.807, 2.05) is 7.05 Å². The number of aryl methyl sites for hydroxylation is 1. The smallest absolute Gasteiger partial charge is 0.202 e. The third kappa shape index (κ3) is 1.00. The number of rotatable bonds is 1. The fourth-order valence-electron chi connectivity index (χ4n) is 1.91. The summed E-state index contributed by atoms with van der Waals surface area (Å²) in [4.78, 5) is 4.52. The summed E-state index contributed by atoms with van der Waals surface area (Å²) in [5.74, 6) is 1.00. The molecule has 66 valence electrons. The Balaban J connectivity index is 2.44. The van der Waals surface area contributed by atoms with Crippen molar-refractivity contribution in [2.24, 2.45) is 7.05 Å². The first-order valence-electron chi connectivity index (χ1n) is 4.55. The maximum Gasteiger partial charge on any atom is 0.202 e. The minimum atomic E-state index is 1.00. The second-order valence-corrected chi connectivity index (χ2v) is 3.34. The van der Waals surface area contributed by atoms with Crippen LogP contribution in [0.4, 0.5) is 5.95 Å². The van der Waals surface area contributed by atoms with Gasteiger partial charge in [-0.25, -0.2) is 4.98 Å². The summed E-state index contributed by atoms with van der Waals surface area (Å²) in [6.07, 6.45) is 4.97. The molecule has 0 spiro atoms. The van der Waals surface area contributed by atoms with Crippen molar-refractivity contribution >= 4 is 5.95 Å². The van der Waals surface area contributed by atoms with Crippen molar-refractivity contribution in [1.82, 2.24) is 9.55 Å². The fraction of sp³-hybridized carbons (Fsp3) is 0.667. The highest BCUT2D eigenvalue weighted by molar-refractivity contribution is 5.34. The van der Waals surface area contributed by atoms with Crippen LogP contribution >= 0.6 is 0 Å². The molecule has 1 heterocycles. The lowest BCUT2D eigenvalue weighted by Crippen LogP contribution is -2.06. The third-order valence-corrected chi connectivity index (χ3v) is 2.60. The molecule has 0 fully saturated rings. The van der Waals surface area contributed by atoms with Gasteiger partial charge in [0.1, 0.15) is 0 Å². The zero-order valence-corrected chi connectivity index (χ0v) is 7.72. The zero-order chi connectivity index (χ0) is 8.55. The van der Waals surface area contributed by atoms with Crippen molar-refractivity contribution in [3.05, 3.63) is 11.4 Å². The van der Waals surface area contributed by atoms with E-state index in [2.05, 4.69) is 21.9 Å². The number of nitrogens with one attached hydrogen (secondary N) is 1. The Bertz CT molecular complexity index is 288. The molecular weight excluding hydrogens is 150 g/mol. The van der Waals surface area contributed by atoms with Gasteiger partial charge in [-0.05, 0) is 25.7 Å². The summed E-state index contributed by atoms with van der Waals surface area (Å²) in [6.45, 7) is 0. The van der Waals surface area contributed by atoms with Crippen LogP contribution in [0, 0.1) is 0 Å². The molecule has 0 saturated carbocycles. The van der Waals surface area contributed by atoms with Crippen LogP contribution in [0.2, 0.25) is 0 Å². The first-order valence-corrected chi connectivity index (χ1v) is 4.55. The highest BCUT2D eigenvalue weighted by Gasteiger charge is 2.16. The van der Waals surface area contributed by atoms with Crippen LogP contribution in [-0.2, 0) is 19.9 Å². The Morgan fingerprint density at radius 2 is 2.08 bits per heavy atom. The molecule has 1 N–H and O–H groups in total. The van der Waals surface area contributed by atoms with E-state index in [1.54, 1.807) is 0 Å². The lowest BCUT2D eigenvalue weighted by molar-refractivity contribution is 0.644. The van der Waals surface area contributed by atoms with Gasteiger partial charge >= 0.3 is 0 Å². The van der Waals surface area contributed by atoms with E-state index < -0.39 is 0 Å². The molecule has 0 aliphatic heterocycles. The molecule has 0 saturated heterocycles. The summed E-state index contributed by atoms with van der Waals surface area (Å²) >= 11 is 0. The highest BCUT2D eigenvalue weighted by Crippen LogP contribution is 2.22. The Kier molecular flexibility index (Phi) is 1.79. The molecule has 0 aromatic carbocycles. The molecule has 3 nitrogen and oxygen atoms in total. The van der Waals surface area contributed by atoms with Crippen molar-refractivity contribution < 1.29 is 0 Å². The van der Waals surface area contributed by atoms with Gasteiger partial charge in [0, 0.05) is 19.8 Å². The molecule has 0 atom stereocenters. The van der Waals surface area contributed by atoms with Gasteiger partial charge in [-0.1, -0.05) is 0 Å². The largest absolute Gasteiger partial charge is 0.359 e. The second kappa shape index (κ2) is 2.81. The number of fused-ring (bicyclic) bond motifs is 1. The SMILES string of the molecule is CNc1nc2c(n1C)CCCC2. The average molecular weight is 165 g/mol. The lowest BCUT2D eigenvalue weighted by atomic mass is 10.0. The van der Waals surface area contributed by atoms with Crippen molar-refractivity contribution in [2.45, 2.75) is 25.7 Å². The van der Waals surface area contributed by atoms with E-state index in [0.717, 1.165) is 12.4 Å². The van der Waals surface area contributed by atoms with Gasteiger partial charge < -0.3 is 9.88 Å². The number of nitrogens with zero attached hydrogens (tertiary/aromatic N) is 2. The predicted molar refractivity (Wildman–Crippen MR) is 49.4 cm³/mol. The predicted octanol–water partition coefficient (Wildman–Crippen LogP) is 1.34.